The Bertz CT molecular complexity index is 2450. The molecule has 19 heteroatoms. The molecule has 0 aromatic rings. The van der Waals surface area contributed by atoms with Gasteiger partial charge in [-0.1, -0.05) is 40.9 Å². The van der Waals surface area contributed by atoms with Crippen LogP contribution in [0, 0.1) is 35.5 Å². The smallest absolute Gasteiger partial charge is 0.308 e. The van der Waals surface area contributed by atoms with E-state index < -0.39 is 66.4 Å². The van der Waals surface area contributed by atoms with Crippen LogP contribution in [0.25, 0.3) is 0 Å². The zero-order chi connectivity index (χ0) is 54.5. The number of carbonyl (C=O) groups excluding carboxylic acids is 1. The minimum Gasteiger partial charge on any atom is -0.459 e. The van der Waals surface area contributed by atoms with Crippen LogP contribution < -0.4 is 0 Å². The average Bonchev–Trinajstić information content (AvgIpc) is 0.965. The van der Waals surface area contributed by atoms with E-state index in [0.717, 1.165) is 49.7 Å². The summed E-state index contributed by atoms with van der Waals surface area (Å²) in [6.07, 6.45) is 3.51. The van der Waals surface area contributed by atoms with Crippen LogP contribution in [-0.4, -0.2) is 191 Å². The summed E-state index contributed by atoms with van der Waals surface area (Å²) in [5.41, 5.74) is 2.16. The Morgan fingerprint density at radius 3 is 2.10 bits per heavy atom. The highest BCUT2D eigenvalue weighted by molar-refractivity contribution is 5.70. The molecule has 17 rings (SSSR count). The van der Waals surface area contributed by atoms with Gasteiger partial charge >= 0.3 is 5.97 Å². The molecule has 17 unspecified atom stereocenters. The summed E-state index contributed by atoms with van der Waals surface area (Å²) in [6.45, 7) is 17.4. The molecule has 4 spiro atoms. The highest BCUT2D eigenvalue weighted by Gasteiger charge is 2.87. The summed E-state index contributed by atoms with van der Waals surface area (Å²) >= 11 is 0. The van der Waals surface area contributed by atoms with Crippen molar-refractivity contribution in [3.05, 3.63) is 24.3 Å². The van der Waals surface area contributed by atoms with Gasteiger partial charge in [0.2, 0.25) is 0 Å². The predicted molar refractivity (Wildman–Crippen MR) is 276 cm³/mol. The Labute approximate surface area is 468 Å². The molecule has 33 atom stereocenters. The van der Waals surface area contributed by atoms with Gasteiger partial charge in [-0.25, -0.2) is 0 Å². The van der Waals surface area contributed by atoms with Crippen LogP contribution in [-0.2, 0) is 75.8 Å². The maximum atomic E-state index is 14.6. The molecule has 16 saturated heterocycles. The number of hydrogen-bond acceptors (Lipinski definition) is 19. The minimum atomic E-state index is -1.02. The first-order chi connectivity index (χ1) is 38.5. The van der Waals surface area contributed by atoms with E-state index in [4.69, 9.17) is 71.1 Å². The van der Waals surface area contributed by atoms with Crippen molar-refractivity contribution in [1.29, 1.82) is 0 Å². The van der Waals surface area contributed by atoms with Crippen LogP contribution >= 0.6 is 0 Å². The number of aliphatic hydroxyl groups is 3. The van der Waals surface area contributed by atoms with Crippen molar-refractivity contribution in [1.82, 2.24) is 0 Å². The van der Waals surface area contributed by atoms with Crippen LogP contribution in [0.4, 0.5) is 0 Å². The van der Waals surface area contributed by atoms with Crippen molar-refractivity contribution in [3.63, 3.8) is 0 Å². The van der Waals surface area contributed by atoms with E-state index in [1.54, 1.807) is 0 Å². The molecule has 444 valence electrons. The Balaban J connectivity index is 0.630. The zero-order valence-electron chi connectivity index (χ0n) is 47.0. The topological polar surface area (TPSA) is 216 Å². The van der Waals surface area contributed by atoms with Crippen LogP contribution in [0.15, 0.2) is 24.3 Å². The monoisotopic (exact) mass is 1120 g/mol. The van der Waals surface area contributed by atoms with Gasteiger partial charge in [0, 0.05) is 70.1 Å². The molecule has 0 aromatic heterocycles. The van der Waals surface area contributed by atoms with Crippen molar-refractivity contribution >= 4 is 5.97 Å². The predicted octanol–water partition coefficient (Wildman–Crippen LogP) is 5.13. The average molecular weight is 1120 g/mol. The molecule has 1 saturated carbocycles. The van der Waals surface area contributed by atoms with Crippen molar-refractivity contribution in [3.8, 4) is 0 Å². The van der Waals surface area contributed by atoms with Crippen molar-refractivity contribution in [2.24, 2.45) is 35.5 Å². The van der Waals surface area contributed by atoms with E-state index in [9.17, 15) is 20.1 Å². The van der Waals surface area contributed by atoms with Crippen LogP contribution in [0.1, 0.15) is 143 Å². The fourth-order valence-corrected chi connectivity index (χ4v) is 19.3. The first kappa shape index (κ1) is 53.7. The Kier molecular flexibility index (Phi) is 13.0. The summed E-state index contributed by atoms with van der Waals surface area (Å²) < 4.78 is 104. The van der Waals surface area contributed by atoms with Gasteiger partial charge in [-0.3, -0.25) is 4.79 Å². The third-order valence-electron chi connectivity index (χ3n) is 23.0. The second-order valence-electron chi connectivity index (χ2n) is 28.4. The second-order valence-corrected chi connectivity index (χ2v) is 28.4. The standard InChI is InChI=1S/C61H86O19/c1-26-13-33-7-9-37-27(2)14-35(66-37)11-12-58-23-46-49-56-50(61(49,77-46)80-58)57(79-58)55-38(70-56)10-8-34(68-55)16-48(65)73-54-31(6)53-43(69-42(54)17-39(67-33)30(26)5)19-41-45(72-53)22-60(74-41)24-47-52(78-60)29(4)21-59(76-47)20-28(3)51-44(75-59)18-40(71-51)36(64)15-32(63)25-62/h26,28-29,31-47,49-57,62-64H,2,5,7-25H2,1,3-4,6H3/t26-,28+,29+,31+,32-,33?,34?,35?,36+,37?,38?,39?,40?,41-,42+,43+,44?,45-,46-,47?,49?,50?,51?,52?,53+,54?,55+,56?,57?,58-,59-,60-,61?/m1/s1. The van der Waals surface area contributed by atoms with Gasteiger partial charge in [0.05, 0.1) is 147 Å². The largest absolute Gasteiger partial charge is 0.459 e. The van der Waals surface area contributed by atoms with Gasteiger partial charge < -0.3 is 86.4 Å². The van der Waals surface area contributed by atoms with E-state index >= 15 is 0 Å². The maximum absolute atomic E-state index is 14.6. The second kappa shape index (κ2) is 19.4. The van der Waals surface area contributed by atoms with Gasteiger partial charge in [-0.05, 0) is 73.8 Å². The fourth-order valence-electron chi connectivity index (χ4n) is 19.3. The lowest BCUT2D eigenvalue weighted by Gasteiger charge is -2.80. The molecule has 3 N–H and O–H groups in total. The Morgan fingerprint density at radius 2 is 1.25 bits per heavy atom. The van der Waals surface area contributed by atoms with Gasteiger partial charge in [0.1, 0.15) is 18.3 Å². The third-order valence-corrected chi connectivity index (χ3v) is 23.0. The van der Waals surface area contributed by atoms with Crippen LogP contribution in [0.5, 0.6) is 0 Å². The summed E-state index contributed by atoms with van der Waals surface area (Å²) in [7, 11) is 0. The lowest BCUT2D eigenvalue weighted by atomic mass is 9.51. The van der Waals surface area contributed by atoms with Crippen LogP contribution in [0.3, 0.4) is 0 Å². The number of ether oxygens (including phenoxy) is 15. The summed E-state index contributed by atoms with van der Waals surface area (Å²) in [5.74, 6) is -3.32. The summed E-state index contributed by atoms with van der Waals surface area (Å²) in [6, 6.07) is 0. The first-order valence-corrected chi connectivity index (χ1v) is 31.3. The molecule has 17 aliphatic rings. The van der Waals surface area contributed by atoms with Gasteiger partial charge in [0.25, 0.3) is 0 Å². The Hall–Kier alpha value is -1.73. The Morgan fingerprint density at radius 1 is 0.537 bits per heavy atom. The van der Waals surface area contributed by atoms with E-state index in [1.165, 1.54) is 0 Å². The minimum absolute atomic E-state index is 0.00960. The number of hydrogen-bond donors (Lipinski definition) is 3. The van der Waals surface area contributed by atoms with Crippen molar-refractivity contribution < 1.29 is 91.2 Å². The van der Waals surface area contributed by atoms with Crippen LogP contribution in [0.2, 0.25) is 0 Å². The molecule has 16 heterocycles. The molecule has 16 aliphatic heterocycles. The molecule has 0 radical (unpaired) electrons. The number of carbonyl (C=O) groups is 1. The van der Waals surface area contributed by atoms with E-state index in [-0.39, 0.29) is 158 Å². The van der Waals surface area contributed by atoms with Crippen molar-refractivity contribution in [2.45, 2.75) is 307 Å². The number of rotatable bonds is 4. The molecular formula is C61H86O19. The van der Waals surface area contributed by atoms with Gasteiger partial charge in [-0.2, -0.15) is 0 Å². The van der Waals surface area contributed by atoms with Crippen molar-refractivity contribution in [2.75, 3.05) is 6.61 Å². The van der Waals surface area contributed by atoms with E-state index in [2.05, 4.69) is 40.9 Å². The summed E-state index contributed by atoms with van der Waals surface area (Å²) in [5, 5.41) is 30.4. The molecular weight excluding hydrogens is 1040 g/mol. The highest BCUT2D eigenvalue weighted by atomic mass is 16.8. The highest BCUT2D eigenvalue weighted by Crippen LogP contribution is 2.73. The first-order valence-electron chi connectivity index (χ1n) is 31.3. The fraction of sp³-hybridized carbons (Fsp3) is 0.918. The third kappa shape index (κ3) is 8.52. The molecule has 19 nitrogen and oxygen atoms in total. The molecule has 0 amide bonds. The summed E-state index contributed by atoms with van der Waals surface area (Å²) in [4.78, 5) is 14.6. The SMILES string of the molecule is C=C1CC2CC[C@]34C[C@H]5OC6(O3)C3C(OC7CCC(CC(=O)OC8[C@H](CC9OC(CCC1O2)C[C@@H](C)C9=C)O[C@H]1C[C@H]2O[C@]9(CC%10O[C@]%11(C[C@H](C)C%12OC([C@@H](O)C[C@@H](O)CO)CC%12O%11)C[C@H](C)C%10O9)C[C@H]2O[C@H]1[C@@H]8C)O[C@@H]7C3O4)C56. The molecule has 0 aromatic carbocycles. The normalized spacial score (nSPS) is 58.9. The number of esters is 1. The zero-order valence-corrected chi connectivity index (χ0v) is 47.0. The molecule has 80 heavy (non-hydrogen) atoms. The van der Waals surface area contributed by atoms with Gasteiger partial charge in [0.15, 0.2) is 23.1 Å². The number of aliphatic hydroxyl groups excluding tert-OH is 3. The number of fused-ring (bicyclic) bond motifs is 10. The maximum Gasteiger partial charge on any atom is 0.308 e. The lowest BCUT2D eigenvalue weighted by molar-refractivity contribution is -0.620. The quantitative estimate of drug-likeness (QED) is 0.246. The molecule has 10 bridgehead atoms. The molecule has 1 aliphatic carbocycles. The van der Waals surface area contributed by atoms with E-state index in [0.29, 0.717) is 64.2 Å². The molecule has 17 fully saturated rings. The van der Waals surface area contributed by atoms with Gasteiger partial charge in [-0.15, -0.1) is 0 Å². The van der Waals surface area contributed by atoms with E-state index in [1.807, 2.05) is 0 Å². The lowest BCUT2D eigenvalue weighted by Crippen LogP contribution is -2.93.